The number of allylic oxidation sites excluding steroid dienone is 1. The highest BCUT2D eigenvalue weighted by Crippen LogP contribution is 2.42. The summed E-state index contributed by atoms with van der Waals surface area (Å²) in [7, 11) is 0. The number of benzene rings is 3. The number of rotatable bonds is 5. The molecule has 0 radical (unpaired) electrons. The molecule has 1 atom stereocenters. The van der Waals surface area contributed by atoms with Crippen molar-refractivity contribution in [1.29, 1.82) is 0 Å². The van der Waals surface area contributed by atoms with E-state index in [-0.39, 0.29) is 11.6 Å². The van der Waals surface area contributed by atoms with Crippen molar-refractivity contribution in [1.82, 2.24) is 4.57 Å². The molecule has 0 unspecified atom stereocenters. The molecule has 0 saturated heterocycles. The number of para-hydroxylation sites is 1. The van der Waals surface area contributed by atoms with Gasteiger partial charge in [0.2, 0.25) is 0 Å². The lowest BCUT2D eigenvalue weighted by molar-refractivity contribution is 0.305. The molecule has 4 nitrogen and oxygen atoms in total. The first-order valence-corrected chi connectivity index (χ1v) is 14.4. The van der Waals surface area contributed by atoms with E-state index in [0.717, 1.165) is 40.2 Å². The highest BCUT2D eigenvalue weighted by molar-refractivity contribution is 7.10. The predicted octanol–water partition coefficient (Wildman–Crippen LogP) is 5.96. The number of aromatic nitrogens is 1. The summed E-state index contributed by atoms with van der Waals surface area (Å²) >= 11 is 3.15. The van der Waals surface area contributed by atoms with Gasteiger partial charge in [-0.2, -0.15) is 0 Å². The molecule has 3 heterocycles. The van der Waals surface area contributed by atoms with Crippen LogP contribution < -0.4 is 19.6 Å². The fraction of sp³-hybridized carbons (Fsp3) is 0.125. The molecule has 38 heavy (non-hydrogen) atoms. The molecule has 2 aromatic heterocycles. The molecule has 0 saturated carbocycles. The van der Waals surface area contributed by atoms with Gasteiger partial charge in [-0.3, -0.25) is 9.36 Å². The number of ether oxygens (including phenoxy) is 1. The first-order valence-electron chi connectivity index (χ1n) is 12.7. The molecule has 7 rings (SSSR count). The van der Waals surface area contributed by atoms with Gasteiger partial charge in [0.15, 0.2) is 4.80 Å². The van der Waals surface area contributed by atoms with Crippen LogP contribution in [0.1, 0.15) is 39.6 Å². The van der Waals surface area contributed by atoms with Crippen molar-refractivity contribution >= 4 is 34.4 Å². The average molecular weight is 533 g/mol. The third kappa shape index (κ3) is 4.06. The summed E-state index contributed by atoms with van der Waals surface area (Å²) in [5.41, 5.74) is 6.76. The Hall–Kier alpha value is -4.00. The summed E-state index contributed by atoms with van der Waals surface area (Å²) in [6.45, 7) is 0.470. The van der Waals surface area contributed by atoms with Crippen molar-refractivity contribution in [3.63, 3.8) is 0 Å². The Morgan fingerprint density at radius 2 is 1.74 bits per heavy atom. The SMILES string of the molecule is O=c1/c(=C/c2ccccc2OCc2ccccc2)sc2n1[C@H](c1cccs1)C1=C(N=2)c2ccccc2CC1. The Morgan fingerprint density at radius 1 is 0.921 bits per heavy atom. The summed E-state index contributed by atoms with van der Waals surface area (Å²) in [4.78, 5) is 21.0. The lowest BCUT2D eigenvalue weighted by Crippen LogP contribution is -2.38. The van der Waals surface area contributed by atoms with Gasteiger partial charge in [-0.05, 0) is 53.1 Å². The van der Waals surface area contributed by atoms with E-state index in [9.17, 15) is 4.79 Å². The van der Waals surface area contributed by atoms with E-state index >= 15 is 0 Å². The van der Waals surface area contributed by atoms with Gasteiger partial charge in [0.1, 0.15) is 12.4 Å². The highest BCUT2D eigenvalue weighted by atomic mass is 32.1. The molecular formula is C32H24N2O2S2. The monoisotopic (exact) mass is 532 g/mol. The largest absolute Gasteiger partial charge is 0.488 e. The minimum Gasteiger partial charge on any atom is -0.488 e. The van der Waals surface area contributed by atoms with Crippen LogP contribution in [0.5, 0.6) is 5.75 Å². The number of nitrogens with zero attached hydrogens (tertiary/aromatic N) is 2. The van der Waals surface area contributed by atoms with Crippen LogP contribution in [-0.4, -0.2) is 4.57 Å². The van der Waals surface area contributed by atoms with Crippen LogP contribution in [0.2, 0.25) is 0 Å². The van der Waals surface area contributed by atoms with Gasteiger partial charge in [0.25, 0.3) is 5.56 Å². The van der Waals surface area contributed by atoms with Crippen LogP contribution in [0.15, 0.2) is 112 Å². The van der Waals surface area contributed by atoms with Gasteiger partial charge in [-0.15, -0.1) is 11.3 Å². The molecule has 6 heteroatoms. The predicted molar refractivity (Wildman–Crippen MR) is 154 cm³/mol. The number of aryl methyl sites for hydroxylation is 1. The number of hydrogen-bond acceptors (Lipinski definition) is 5. The van der Waals surface area contributed by atoms with Crippen LogP contribution in [0.4, 0.5) is 0 Å². The van der Waals surface area contributed by atoms with Crippen LogP contribution in [0.25, 0.3) is 11.8 Å². The molecule has 0 bridgehead atoms. The molecule has 0 amide bonds. The van der Waals surface area contributed by atoms with Gasteiger partial charge in [0.05, 0.1) is 16.3 Å². The summed E-state index contributed by atoms with van der Waals surface area (Å²) < 4.78 is 8.73. The van der Waals surface area contributed by atoms with Gasteiger partial charge in [-0.1, -0.05) is 90.2 Å². The zero-order chi connectivity index (χ0) is 25.5. The number of fused-ring (bicyclic) bond motifs is 3. The molecule has 0 spiro atoms. The first-order chi connectivity index (χ1) is 18.8. The third-order valence-electron chi connectivity index (χ3n) is 7.13. The van der Waals surface area contributed by atoms with E-state index < -0.39 is 0 Å². The van der Waals surface area contributed by atoms with E-state index in [0.29, 0.717) is 11.1 Å². The number of thiazole rings is 1. The average Bonchev–Trinajstić information content (AvgIpc) is 3.60. The van der Waals surface area contributed by atoms with Crippen molar-refractivity contribution in [3.05, 3.63) is 149 Å². The van der Waals surface area contributed by atoms with Crippen molar-refractivity contribution in [2.45, 2.75) is 25.5 Å². The fourth-order valence-corrected chi connectivity index (χ4v) is 7.17. The van der Waals surface area contributed by atoms with Gasteiger partial charge < -0.3 is 4.74 Å². The van der Waals surface area contributed by atoms with Crippen LogP contribution in [0.3, 0.4) is 0 Å². The van der Waals surface area contributed by atoms with E-state index in [2.05, 4.69) is 41.8 Å². The fourth-order valence-electron chi connectivity index (χ4n) is 5.33. The molecule has 3 aromatic carbocycles. The normalized spacial score (nSPS) is 16.4. The minimum atomic E-state index is -0.124. The molecule has 5 aromatic rings. The standard InChI is InChI=1S/C32H24N2O2S2/c35-31-28(19-23-12-5-7-14-26(23)36-20-21-9-2-1-3-10-21)38-32-33-29-24-13-6-4-11-22(24)16-17-25(29)30(34(31)32)27-15-8-18-37-27/h1-15,18-19,30H,16-17,20H2/b28-19-/t30-/m0/s1. The molecule has 1 aliphatic heterocycles. The number of thiophene rings is 1. The molecule has 2 aliphatic rings. The summed E-state index contributed by atoms with van der Waals surface area (Å²) in [5.74, 6) is 0.755. The summed E-state index contributed by atoms with van der Waals surface area (Å²) in [6.07, 6.45) is 3.81. The topological polar surface area (TPSA) is 43.6 Å². The second kappa shape index (κ2) is 9.71. The second-order valence-electron chi connectivity index (χ2n) is 9.44. The highest BCUT2D eigenvalue weighted by Gasteiger charge is 2.33. The van der Waals surface area contributed by atoms with Crippen LogP contribution in [0, 0.1) is 0 Å². The Kier molecular flexibility index (Phi) is 5.91. The zero-order valence-electron chi connectivity index (χ0n) is 20.5. The van der Waals surface area contributed by atoms with E-state index in [1.54, 1.807) is 11.3 Å². The summed E-state index contributed by atoms with van der Waals surface area (Å²) in [5, 5.41) is 2.09. The van der Waals surface area contributed by atoms with Crippen LogP contribution >= 0.6 is 22.7 Å². The quantitative estimate of drug-likeness (QED) is 0.280. The van der Waals surface area contributed by atoms with E-state index in [4.69, 9.17) is 9.73 Å². The maximum absolute atomic E-state index is 14.0. The second-order valence-corrected chi connectivity index (χ2v) is 11.4. The summed E-state index contributed by atoms with van der Waals surface area (Å²) in [6, 6.07) is 30.6. The Labute approximate surface area is 228 Å². The van der Waals surface area contributed by atoms with Crippen molar-refractivity contribution in [3.8, 4) is 5.75 Å². The lowest BCUT2D eigenvalue weighted by atomic mass is 9.85. The molecule has 1 aliphatic carbocycles. The van der Waals surface area contributed by atoms with Gasteiger partial charge >= 0.3 is 0 Å². The smallest absolute Gasteiger partial charge is 0.271 e. The molecular weight excluding hydrogens is 508 g/mol. The lowest BCUT2D eigenvalue weighted by Gasteiger charge is -2.30. The maximum Gasteiger partial charge on any atom is 0.271 e. The van der Waals surface area contributed by atoms with Gasteiger partial charge in [0, 0.05) is 16.0 Å². The zero-order valence-corrected chi connectivity index (χ0v) is 22.2. The van der Waals surface area contributed by atoms with E-state index in [1.165, 1.54) is 32.9 Å². The van der Waals surface area contributed by atoms with Gasteiger partial charge in [-0.25, -0.2) is 4.99 Å². The number of hydrogen-bond donors (Lipinski definition) is 0. The Balaban J connectivity index is 1.36. The molecule has 0 N–H and O–H groups in total. The van der Waals surface area contributed by atoms with Crippen molar-refractivity contribution in [2.75, 3.05) is 0 Å². The Morgan fingerprint density at radius 3 is 2.61 bits per heavy atom. The maximum atomic E-state index is 14.0. The van der Waals surface area contributed by atoms with Crippen LogP contribution in [-0.2, 0) is 13.0 Å². The minimum absolute atomic E-state index is 0.00424. The molecule has 186 valence electrons. The Bertz CT molecular complexity index is 1850. The van der Waals surface area contributed by atoms with Crippen molar-refractivity contribution in [2.24, 2.45) is 4.99 Å². The first kappa shape index (κ1) is 23.1. The van der Waals surface area contributed by atoms with E-state index in [1.807, 2.05) is 65.2 Å². The van der Waals surface area contributed by atoms with Crippen molar-refractivity contribution < 1.29 is 4.74 Å². The molecule has 0 fully saturated rings. The third-order valence-corrected chi connectivity index (χ3v) is 9.04.